The van der Waals surface area contributed by atoms with Gasteiger partial charge >= 0.3 is 12.1 Å². The van der Waals surface area contributed by atoms with Crippen molar-refractivity contribution in [1.82, 2.24) is 20.0 Å². The molecule has 0 radical (unpaired) electrons. The molecule has 0 unspecified atom stereocenters. The fourth-order valence-electron chi connectivity index (χ4n) is 2.29. The largest absolute Gasteiger partial charge is 0.454 e. The van der Waals surface area contributed by atoms with Gasteiger partial charge in [0.2, 0.25) is 0 Å². The highest BCUT2D eigenvalue weighted by atomic mass is 35.5. The van der Waals surface area contributed by atoms with Crippen LogP contribution < -0.4 is 10.9 Å². The van der Waals surface area contributed by atoms with Crippen LogP contribution in [0.5, 0.6) is 0 Å². The number of benzene rings is 1. The number of rotatable bonds is 5. The van der Waals surface area contributed by atoms with Gasteiger partial charge in [-0.1, -0.05) is 28.9 Å². The molecule has 2 aromatic heterocycles. The smallest absolute Gasteiger partial charge is 0.417 e. The second-order valence-electron chi connectivity index (χ2n) is 5.83. The Morgan fingerprint density at radius 1 is 1.23 bits per heavy atom. The maximum atomic E-state index is 12.6. The number of carbonyl (C=O) groups is 2. The summed E-state index contributed by atoms with van der Waals surface area (Å²) in [5, 5.41) is 9.35. The highest BCUT2D eigenvalue weighted by molar-refractivity contribution is 6.33. The maximum Gasteiger partial charge on any atom is 0.417 e. The van der Waals surface area contributed by atoms with E-state index in [1.54, 1.807) is 18.2 Å². The van der Waals surface area contributed by atoms with Gasteiger partial charge in [-0.25, -0.2) is 4.98 Å². The molecule has 0 fully saturated rings. The van der Waals surface area contributed by atoms with Gasteiger partial charge in [0.15, 0.2) is 12.4 Å². The second-order valence-corrected chi connectivity index (χ2v) is 6.24. The minimum Gasteiger partial charge on any atom is -0.454 e. The van der Waals surface area contributed by atoms with Crippen molar-refractivity contribution in [3.63, 3.8) is 0 Å². The number of esters is 1. The Morgan fingerprint density at radius 2 is 1.97 bits per heavy atom. The molecule has 0 atom stereocenters. The van der Waals surface area contributed by atoms with E-state index in [2.05, 4.69) is 20.6 Å². The minimum absolute atomic E-state index is 0.251. The van der Waals surface area contributed by atoms with Crippen LogP contribution >= 0.6 is 11.6 Å². The van der Waals surface area contributed by atoms with Crippen molar-refractivity contribution >= 4 is 40.2 Å². The van der Waals surface area contributed by atoms with Crippen molar-refractivity contribution in [2.75, 3.05) is 11.9 Å². The van der Waals surface area contributed by atoms with Gasteiger partial charge in [0.25, 0.3) is 11.5 Å². The lowest BCUT2D eigenvalue weighted by Crippen LogP contribution is -2.30. The lowest BCUT2D eigenvalue weighted by molar-refractivity contribution is -0.148. The van der Waals surface area contributed by atoms with Crippen molar-refractivity contribution in [3.8, 4) is 0 Å². The molecule has 0 aliphatic carbocycles. The number of ether oxygens (including phenoxy) is 1. The Hall–Kier alpha value is -3.54. The molecule has 0 spiro atoms. The molecule has 0 aliphatic rings. The average molecular weight is 442 g/mol. The predicted molar refractivity (Wildman–Crippen MR) is 97.6 cm³/mol. The van der Waals surface area contributed by atoms with E-state index < -0.39 is 47.3 Å². The number of nitrogens with zero attached hydrogens (tertiary/aromatic N) is 4. The zero-order chi connectivity index (χ0) is 21.9. The first-order valence-corrected chi connectivity index (χ1v) is 8.53. The molecule has 1 aromatic carbocycles. The fourth-order valence-corrected chi connectivity index (χ4v) is 2.51. The molecular weight excluding hydrogens is 431 g/mol. The molecule has 9 nitrogen and oxygen atoms in total. The molecule has 0 bridgehead atoms. The summed E-state index contributed by atoms with van der Waals surface area (Å²) in [4.78, 5) is 39.4. The number of fused-ring (bicyclic) bond motifs is 1. The fraction of sp³-hybridized carbons (Fsp3) is 0.176. The molecule has 1 N–H and O–H groups in total. The summed E-state index contributed by atoms with van der Waals surface area (Å²) in [5.41, 5.74) is -1.30. The van der Waals surface area contributed by atoms with Crippen molar-refractivity contribution in [1.29, 1.82) is 0 Å². The molecule has 13 heteroatoms. The Morgan fingerprint density at radius 3 is 2.67 bits per heavy atom. The molecular formula is C17H11ClF3N5O4. The number of hydrogen-bond donors (Lipinski definition) is 1. The number of aromatic nitrogens is 4. The van der Waals surface area contributed by atoms with Crippen LogP contribution in [0.1, 0.15) is 5.56 Å². The van der Waals surface area contributed by atoms with E-state index in [0.29, 0.717) is 17.8 Å². The summed E-state index contributed by atoms with van der Waals surface area (Å²) >= 11 is 5.68. The van der Waals surface area contributed by atoms with E-state index in [0.717, 1.165) is 4.68 Å². The molecule has 3 aromatic rings. The van der Waals surface area contributed by atoms with Crippen LogP contribution in [0, 0.1) is 0 Å². The topological polar surface area (TPSA) is 116 Å². The number of carbonyl (C=O) groups excluding carboxylic acids is 2. The van der Waals surface area contributed by atoms with Gasteiger partial charge in [-0.05, 0) is 18.2 Å². The van der Waals surface area contributed by atoms with Gasteiger partial charge in [-0.3, -0.25) is 14.4 Å². The van der Waals surface area contributed by atoms with E-state index >= 15 is 0 Å². The number of anilines is 1. The predicted octanol–water partition coefficient (Wildman–Crippen LogP) is 2.04. The Bertz CT molecular complexity index is 1180. The molecule has 30 heavy (non-hydrogen) atoms. The number of halogens is 4. The van der Waals surface area contributed by atoms with Crippen molar-refractivity contribution in [2.24, 2.45) is 0 Å². The first-order chi connectivity index (χ1) is 14.1. The molecule has 0 aliphatic heterocycles. The SMILES string of the molecule is O=C(COC(=O)Cn1nnc2ccccc2c1=O)Nc1ncc(C(F)(F)F)cc1Cl. The van der Waals surface area contributed by atoms with Gasteiger partial charge in [0.1, 0.15) is 12.1 Å². The first kappa shape index (κ1) is 21.2. The second kappa shape index (κ2) is 8.45. The summed E-state index contributed by atoms with van der Waals surface area (Å²) in [5.74, 6) is -2.18. The third-order valence-corrected chi connectivity index (χ3v) is 3.99. The lowest BCUT2D eigenvalue weighted by Gasteiger charge is -2.10. The number of nitrogens with one attached hydrogen (secondary N) is 1. The molecule has 156 valence electrons. The van der Waals surface area contributed by atoms with Crippen molar-refractivity contribution in [2.45, 2.75) is 12.7 Å². The van der Waals surface area contributed by atoms with Crippen LogP contribution in [0.25, 0.3) is 10.9 Å². The number of hydrogen-bond acceptors (Lipinski definition) is 7. The van der Waals surface area contributed by atoms with E-state index in [1.165, 1.54) is 6.07 Å². The van der Waals surface area contributed by atoms with Gasteiger partial charge in [0.05, 0.1) is 16.0 Å². The quantitative estimate of drug-likeness (QED) is 0.602. The van der Waals surface area contributed by atoms with E-state index in [1.807, 2.05) is 0 Å². The Balaban J connectivity index is 1.58. The van der Waals surface area contributed by atoms with Crippen LogP contribution in [-0.4, -0.2) is 38.5 Å². The summed E-state index contributed by atoms with van der Waals surface area (Å²) < 4.78 is 43.3. The molecule has 2 heterocycles. The van der Waals surface area contributed by atoms with E-state index in [4.69, 9.17) is 16.3 Å². The number of amides is 1. The summed E-state index contributed by atoms with van der Waals surface area (Å²) in [6.07, 6.45) is -4.14. The van der Waals surface area contributed by atoms with Crippen molar-refractivity contribution in [3.05, 3.63) is 57.5 Å². The Labute approximate surface area is 170 Å². The molecule has 0 saturated carbocycles. The Kier molecular flexibility index (Phi) is 5.96. The zero-order valence-electron chi connectivity index (χ0n) is 14.8. The molecule has 0 saturated heterocycles. The zero-order valence-corrected chi connectivity index (χ0v) is 15.6. The van der Waals surface area contributed by atoms with E-state index in [9.17, 15) is 27.6 Å². The third kappa shape index (κ3) is 4.89. The monoisotopic (exact) mass is 441 g/mol. The van der Waals surface area contributed by atoms with Crippen LogP contribution in [-0.2, 0) is 27.0 Å². The first-order valence-electron chi connectivity index (χ1n) is 8.16. The van der Waals surface area contributed by atoms with Crippen LogP contribution in [0.3, 0.4) is 0 Å². The average Bonchev–Trinajstić information content (AvgIpc) is 2.69. The summed E-state index contributed by atoms with van der Waals surface area (Å²) in [7, 11) is 0. The van der Waals surface area contributed by atoms with Gasteiger partial charge in [-0.2, -0.15) is 17.9 Å². The highest BCUT2D eigenvalue weighted by Crippen LogP contribution is 2.32. The van der Waals surface area contributed by atoms with E-state index in [-0.39, 0.29) is 11.2 Å². The molecule has 3 rings (SSSR count). The van der Waals surface area contributed by atoms with Crippen LogP contribution in [0.15, 0.2) is 41.3 Å². The summed E-state index contributed by atoms with van der Waals surface area (Å²) in [6.45, 7) is -1.38. The lowest BCUT2D eigenvalue weighted by atomic mass is 10.2. The van der Waals surface area contributed by atoms with Crippen molar-refractivity contribution < 1.29 is 27.5 Å². The maximum absolute atomic E-state index is 12.6. The minimum atomic E-state index is -4.64. The summed E-state index contributed by atoms with van der Waals surface area (Å²) in [6, 6.07) is 6.99. The van der Waals surface area contributed by atoms with Gasteiger partial charge in [-0.15, -0.1) is 5.10 Å². The number of alkyl halides is 3. The van der Waals surface area contributed by atoms with Gasteiger partial charge < -0.3 is 10.1 Å². The van der Waals surface area contributed by atoms with Crippen LogP contribution in [0.4, 0.5) is 19.0 Å². The number of pyridine rings is 1. The normalized spacial score (nSPS) is 11.3. The van der Waals surface area contributed by atoms with Gasteiger partial charge in [0, 0.05) is 6.20 Å². The standard InChI is InChI=1S/C17H11ClF3N5O4/c18-11-5-9(17(19,20)21)6-22-15(11)23-13(27)8-30-14(28)7-26-16(29)10-3-1-2-4-12(10)24-25-26/h1-6H,7-8H2,(H,22,23,27). The third-order valence-electron chi connectivity index (χ3n) is 3.70. The highest BCUT2D eigenvalue weighted by Gasteiger charge is 2.31. The van der Waals surface area contributed by atoms with Crippen LogP contribution in [0.2, 0.25) is 5.02 Å². The molecule has 1 amide bonds.